The summed E-state index contributed by atoms with van der Waals surface area (Å²) >= 11 is 0. The third-order valence-corrected chi connectivity index (χ3v) is 3.88. The molecule has 0 fully saturated rings. The van der Waals surface area contributed by atoms with Gasteiger partial charge in [0, 0.05) is 30.8 Å². The van der Waals surface area contributed by atoms with Crippen LogP contribution in [0.5, 0.6) is 5.75 Å². The van der Waals surface area contributed by atoms with E-state index in [1.165, 1.54) is 0 Å². The molecule has 1 aliphatic heterocycles. The lowest BCUT2D eigenvalue weighted by atomic mass is 9.99. The Morgan fingerprint density at radius 3 is 2.91 bits per heavy atom. The normalized spacial score (nSPS) is 17.4. The second-order valence-corrected chi connectivity index (χ2v) is 5.41. The molecule has 2 atom stereocenters. The Kier molecular flexibility index (Phi) is 5.63. The largest absolute Gasteiger partial charge is 0.493 e. The number of nitrogens with one attached hydrogen (secondary N) is 2. The van der Waals surface area contributed by atoms with E-state index < -0.39 is 6.04 Å². The molecule has 0 saturated carbocycles. The summed E-state index contributed by atoms with van der Waals surface area (Å²) in [5.74, 6) is 0.790. The number of hydrogen-bond donors (Lipinski definition) is 2. The number of likely N-dealkylation sites (N-methyl/N-ethyl adjacent to an activating group) is 1. The van der Waals surface area contributed by atoms with Crippen LogP contribution >= 0.6 is 12.4 Å². The first-order chi connectivity index (χ1) is 10.7. The number of amides is 1. The Morgan fingerprint density at radius 1 is 1.43 bits per heavy atom. The molecule has 0 bridgehead atoms. The van der Waals surface area contributed by atoms with Gasteiger partial charge in [0.15, 0.2) is 0 Å². The van der Waals surface area contributed by atoms with Gasteiger partial charge in [-0.3, -0.25) is 9.48 Å². The number of fused-ring (bicyclic) bond motifs is 1. The third-order valence-electron chi connectivity index (χ3n) is 3.88. The topological polar surface area (TPSA) is 68.2 Å². The molecule has 2 N–H and O–H groups in total. The van der Waals surface area contributed by atoms with Gasteiger partial charge in [-0.25, -0.2) is 0 Å². The van der Waals surface area contributed by atoms with Crippen molar-refractivity contribution in [2.45, 2.75) is 18.5 Å². The second kappa shape index (κ2) is 7.48. The number of carbonyl (C=O) groups excluding carboxylic acids is 1. The number of halogens is 1. The van der Waals surface area contributed by atoms with Crippen molar-refractivity contribution in [3.63, 3.8) is 0 Å². The van der Waals surface area contributed by atoms with Crippen LogP contribution < -0.4 is 15.4 Å². The number of hydrogen-bond acceptors (Lipinski definition) is 4. The predicted octanol–water partition coefficient (Wildman–Crippen LogP) is 1.74. The van der Waals surface area contributed by atoms with Crippen LogP contribution in [0.2, 0.25) is 0 Å². The van der Waals surface area contributed by atoms with Crippen molar-refractivity contribution in [1.82, 2.24) is 20.4 Å². The third kappa shape index (κ3) is 3.65. The minimum absolute atomic E-state index is 0. The molecule has 2 heterocycles. The predicted molar refractivity (Wildman–Crippen MR) is 89.7 cm³/mol. The maximum absolute atomic E-state index is 12.6. The van der Waals surface area contributed by atoms with Gasteiger partial charge in [0.1, 0.15) is 11.8 Å². The highest BCUT2D eigenvalue weighted by atomic mass is 35.5. The molecule has 0 spiro atoms. The fourth-order valence-corrected chi connectivity index (χ4v) is 2.79. The van der Waals surface area contributed by atoms with Gasteiger partial charge < -0.3 is 15.4 Å². The van der Waals surface area contributed by atoms with Gasteiger partial charge in [-0.15, -0.1) is 12.4 Å². The Bertz CT molecular complexity index is 674. The van der Waals surface area contributed by atoms with Crippen molar-refractivity contribution in [3.8, 4) is 5.75 Å². The monoisotopic (exact) mass is 336 g/mol. The molecule has 0 saturated heterocycles. The number of ether oxygens (including phenoxy) is 1. The van der Waals surface area contributed by atoms with Crippen LogP contribution in [0.4, 0.5) is 0 Å². The summed E-state index contributed by atoms with van der Waals surface area (Å²) in [7, 11) is 3.61. The van der Waals surface area contributed by atoms with Gasteiger partial charge in [-0.1, -0.05) is 18.2 Å². The molecule has 1 amide bonds. The summed E-state index contributed by atoms with van der Waals surface area (Å²) in [4.78, 5) is 12.6. The first-order valence-corrected chi connectivity index (χ1v) is 7.37. The molecule has 7 heteroatoms. The summed E-state index contributed by atoms with van der Waals surface area (Å²) in [5, 5.41) is 10.3. The summed E-state index contributed by atoms with van der Waals surface area (Å²) in [6.45, 7) is 0.610. The van der Waals surface area contributed by atoms with E-state index in [0.29, 0.717) is 6.61 Å². The van der Waals surface area contributed by atoms with Crippen LogP contribution in [0.15, 0.2) is 36.7 Å². The highest BCUT2D eigenvalue weighted by molar-refractivity contribution is 5.85. The first-order valence-electron chi connectivity index (χ1n) is 7.37. The standard InChI is InChI=1S/C16H20N4O2.ClH/c1-17-15(11-9-18-20(2)10-11)16(21)19-13-7-8-22-14-6-4-3-5-12(13)14;/h3-6,9-10,13,15,17H,7-8H2,1-2H3,(H,19,21);1H. The number of para-hydroxylation sites is 1. The molecule has 124 valence electrons. The summed E-state index contributed by atoms with van der Waals surface area (Å²) in [6.07, 6.45) is 4.32. The van der Waals surface area contributed by atoms with E-state index in [2.05, 4.69) is 15.7 Å². The van der Waals surface area contributed by atoms with Gasteiger partial charge in [-0.2, -0.15) is 5.10 Å². The smallest absolute Gasteiger partial charge is 0.242 e. The lowest BCUT2D eigenvalue weighted by molar-refractivity contribution is -0.124. The summed E-state index contributed by atoms with van der Waals surface area (Å²) < 4.78 is 7.32. The number of benzene rings is 1. The zero-order chi connectivity index (χ0) is 15.5. The molecular weight excluding hydrogens is 316 g/mol. The summed E-state index contributed by atoms with van der Waals surface area (Å²) in [5.41, 5.74) is 1.88. The Hall–Kier alpha value is -2.05. The van der Waals surface area contributed by atoms with Crippen LogP contribution in [0, 0.1) is 0 Å². The maximum Gasteiger partial charge on any atom is 0.242 e. The van der Waals surface area contributed by atoms with Crippen LogP contribution in [-0.2, 0) is 11.8 Å². The van der Waals surface area contributed by atoms with E-state index in [1.54, 1.807) is 17.9 Å². The number of aromatic nitrogens is 2. The molecule has 6 nitrogen and oxygen atoms in total. The van der Waals surface area contributed by atoms with E-state index in [-0.39, 0.29) is 24.4 Å². The van der Waals surface area contributed by atoms with E-state index in [9.17, 15) is 4.79 Å². The van der Waals surface area contributed by atoms with Crippen molar-refractivity contribution < 1.29 is 9.53 Å². The SMILES string of the molecule is CNC(C(=O)NC1CCOc2ccccc21)c1cnn(C)c1.Cl. The molecule has 0 aliphatic carbocycles. The van der Waals surface area contributed by atoms with Crippen molar-refractivity contribution in [2.24, 2.45) is 7.05 Å². The zero-order valence-corrected chi connectivity index (χ0v) is 14.0. The zero-order valence-electron chi connectivity index (χ0n) is 13.2. The number of nitrogens with zero attached hydrogens (tertiary/aromatic N) is 2. The summed E-state index contributed by atoms with van der Waals surface area (Å²) in [6, 6.07) is 7.40. The highest BCUT2D eigenvalue weighted by Crippen LogP contribution is 2.31. The fourth-order valence-electron chi connectivity index (χ4n) is 2.79. The average Bonchev–Trinajstić information content (AvgIpc) is 2.94. The van der Waals surface area contributed by atoms with Gasteiger partial charge in [0.05, 0.1) is 18.8 Å². The fraction of sp³-hybridized carbons (Fsp3) is 0.375. The second-order valence-electron chi connectivity index (χ2n) is 5.41. The lowest BCUT2D eigenvalue weighted by Crippen LogP contribution is -2.39. The van der Waals surface area contributed by atoms with E-state index >= 15 is 0 Å². The molecule has 1 aromatic heterocycles. The van der Waals surface area contributed by atoms with Gasteiger partial charge in [0.25, 0.3) is 0 Å². The van der Waals surface area contributed by atoms with Crippen LogP contribution in [0.25, 0.3) is 0 Å². The Labute approximate surface area is 141 Å². The minimum atomic E-state index is -0.413. The van der Waals surface area contributed by atoms with Crippen molar-refractivity contribution >= 4 is 18.3 Å². The van der Waals surface area contributed by atoms with E-state index in [1.807, 2.05) is 37.5 Å². The number of carbonyl (C=O) groups is 1. The molecular formula is C16H21ClN4O2. The molecule has 2 aromatic rings. The first kappa shape index (κ1) is 17.3. The molecule has 2 unspecified atom stereocenters. The lowest BCUT2D eigenvalue weighted by Gasteiger charge is -2.28. The molecule has 23 heavy (non-hydrogen) atoms. The molecule has 3 rings (SSSR count). The van der Waals surface area contributed by atoms with Gasteiger partial charge in [0.2, 0.25) is 5.91 Å². The molecule has 1 aliphatic rings. The van der Waals surface area contributed by atoms with E-state index in [4.69, 9.17) is 4.74 Å². The minimum Gasteiger partial charge on any atom is -0.493 e. The highest BCUT2D eigenvalue weighted by Gasteiger charge is 2.27. The Morgan fingerprint density at radius 2 is 2.22 bits per heavy atom. The molecule has 1 aromatic carbocycles. The van der Waals surface area contributed by atoms with Crippen LogP contribution in [-0.4, -0.2) is 29.3 Å². The van der Waals surface area contributed by atoms with Gasteiger partial charge in [-0.05, 0) is 13.1 Å². The number of rotatable bonds is 4. The molecule has 0 radical (unpaired) electrons. The van der Waals surface area contributed by atoms with Crippen molar-refractivity contribution in [3.05, 3.63) is 47.8 Å². The van der Waals surface area contributed by atoms with Crippen molar-refractivity contribution in [2.75, 3.05) is 13.7 Å². The van der Waals surface area contributed by atoms with Crippen molar-refractivity contribution in [1.29, 1.82) is 0 Å². The maximum atomic E-state index is 12.6. The van der Waals surface area contributed by atoms with Crippen LogP contribution in [0.1, 0.15) is 29.6 Å². The average molecular weight is 337 g/mol. The van der Waals surface area contributed by atoms with Crippen LogP contribution in [0.3, 0.4) is 0 Å². The number of aryl methyl sites for hydroxylation is 1. The van der Waals surface area contributed by atoms with E-state index in [0.717, 1.165) is 23.3 Å². The Balaban J connectivity index is 0.00000192. The van der Waals surface area contributed by atoms with Gasteiger partial charge >= 0.3 is 0 Å². The quantitative estimate of drug-likeness (QED) is 0.892.